The molecule has 1 amide bonds. The number of benzene rings is 1. The van der Waals surface area contributed by atoms with Crippen molar-refractivity contribution in [3.8, 4) is 24.4 Å². The summed E-state index contributed by atoms with van der Waals surface area (Å²) < 4.78 is 26.1. The molecule has 2 fully saturated rings. The van der Waals surface area contributed by atoms with Gasteiger partial charge in [-0.15, -0.1) is 6.42 Å². The first kappa shape index (κ1) is 30.8. The number of likely N-dealkylation sites (tertiary alicyclic amines) is 1. The van der Waals surface area contributed by atoms with Crippen LogP contribution in [0.15, 0.2) is 30.6 Å². The molecule has 2 saturated heterocycles. The lowest BCUT2D eigenvalue weighted by atomic mass is 9.89. The molecule has 0 unspecified atom stereocenters. The van der Waals surface area contributed by atoms with Crippen molar-refractivity contribution in [2.24, 2.45) is 0 Å². The second-order valence-corrected chi connectivity index (χ2v) is 12.2. The molecule has 3 atom stereocenters. The smallest absolute Gasteiger partial charge is 0.319 e. The molecular weight excluding hydrogens is 573 g/mol. The van der Waals surface area contributed by atoms with Crippen molar-refractivity contribution in [3.63, 3.8) is 0 Å². The van der Waals surface area contributed by atoms with Gasteiger partial charge in [-0.1, -0.05) is 24.6 Å². The summed E-state index contributed by atoms with van der Waals surface area (Å²) in [6.45, 7) is 7.39. The summed E-state index contributed by atoms with van der Waals surface area (Å²) in [5.41, 5.74) is 6.09. The van der Waals surface area contributed by atoms with Crippen LogP contribution in [-0.4, -0.2) is 96.8 Å². The van der Waals surface area contributed by atoms with Gasteiger partial charge < -0.3 is 24.2 Å². The van der Waals surface area contributed by atoms with Gasteiger partial charge in [-0.2, -0.15) is 15.2 Å². The van der Waals surface area contributed by atoms with Crippen molar-refractivity contribution in [1.82, 2.24) is 19.8 Å². The molecule has 3 aliphatic heterocycles. The minimum atomic E-state index is -1.02. The number of aromatic nitrogens is 2. The standard InChI is InChI=1S/C34H40FN7O3/c1-4-15-39-21-30(44-3)31(22-39)45-34-37-28-20-40(29-11-7-9-24-8-5-6-10-26(24)29)16-13-27(28)32(38-34)41-17-18-42(33(43)23(2)35)25(19-41)12-14-36/h1,7,9,11,25,30-31H,2,5-6,8,10,12-13,15-22H2,3H3/t25-,30+,31+/m0/s1. The average molecular weight is 614 g/mol. The number of halogens is 1. The number of carbonyl (C=O) groups excluding carboxylic acids is 1. The predicted octanol–water partition coefficient (Wildman–Crippen LogP) is 3.04. The number of fused-ring (bicyclic) bond motifs is 2. The Morgan fingerprint density at radius 1 is 1.09 bits per heavy atom. The number of ether oxygens (including phenoxy) is 2. The third-order valence-electron chi connectivity index (χ3n) is 9.50. The number of terminal acetylenes is 1. The van der Waals surface area contributed by atoms with E-state index in [-0.39, 0.29) is 31.2 Å². The number of carbonyl (C=O) groups is 1. The van der Waals surface area contributed by atoms with Crippen LogP contribution in [0.25, 0.3) is 0 Å². The fourth-order valence-corrected chi connectivity index (χ4v) is 7.27. The van der Waals surface area contributed by atoms with Gasteiger partial charge in [-0.3, -0.25) is 9.69 Å². The highest BCUT2D eigenvalue weighted by Crippen LogP contribution is 2.36. The maximum Gasteiger partial charge on any atom is 0.319 e. The van der Waals surface area contributed by atoms with E-state index in [4.69, 9.17) is 25.9 Å². The molecule has 1 aliphatic carbocycles. The second-order valence-electron chi connectivity index (χ2n) is 12.2. The molecule has 0 saturated carbocycles. The van der Waals surface area contributed by atoms with Crippen LogP contribution in [0.4, 0.5) is 15.9 Å². The van der Waals surface area contributed by atoms with Gasteiger partial charge in [-0.25, -0.2) is 4.39 Å². The second kappa shape index (κ2) is 13.4. The highest BCUT2D eigenvalue weighted by Gasteiger charge is 2.37. The lowest BCUT2D eigenvalue weighted by Crippen LogP contribution is -2.55. The summed E-state index contributed by atoms with van der Waals surface area (Å²) >= 11 is 0. The molecule has 11 heteroatoms. The number of methoxy groups -OCH3 is 1. The van der Waals surface area contributed by atoms with Gasteiger partial charge in [0.25, 0.3) is 5.91 Å². The fourth-order valence-electron chi connectivity index (χ4n) is 7.27. The van der Waals surface area contributed by atoms with Crippen LogP contribution in [0.3, 0.4) is 0 Å². The minimum absolute atomic E-state index is 0.0711. The van der Waals surface area contributed by atoms with Crippen molar-refractivity contribution in [3.05, 3.63) is 53.0 Å². The number of anilines is 2. The zero-order valence-corrected chi connectivity index (χ0v) is 25.9. The molecule has 1 aromatic heterocycles. The summed E-state index contributed by atoms with van der Waals surface area (Å²) in [5.74, 6) is 1.65. The molecule has 0 bridgehead atoms. The van der Waals surface area contributed by atoms with Crippen LogP contribution in [-0.2, 0) is 35.3 Å². The summed E-state index contributed by atoms with van der Waals surface area (Å²) in [7, 11) is 1.67. The molecule has 4 aliphatic rings. The number of nitrogens with zero attached hydrogens (tertiary/aromatic N) is 7. The Morgan fingerprint density at radius 2 is 1.91 bits per heavy atom. The molecule has 0 N–H and O–H groups in total. The first-order valence-electron chi connectivity index (χ1n) is 15.8. The van der Waals surface area contributed by atoms with Gasteiger partial charge in [0.15, 0.2) is 5.83 Å². The van der Waals surface area contributed by atoms with E-state index in [0.717, 1.165) is 42.9 Å². The Hall–Kier alpha value is -4.19. The quantitative estimate of drug-likeness (QED) is 0.329. The molecular formula is C34H40FN7O3. The Morgan fingerprint density at radius 3 is 2.69 bits per heavy atom. The Kier molecular flexibility index (Phi) is 9.20. The topological polar surface area (TPSA) is 98.1 Å². The number of nitriles is 1. The fraction of sp³-hybridized carbons (Fsp3) is 0.529. The lowest BCUT2D eigenvalue weighted by molar-refractivity contribution is -0.131. The summed E-state index contributed by atoms with van der Waals surface area (Å²) in [5, 5.41) is 9.54. The van der Waals surface area contributed by atoms with Gasteiger partial charge in [0.1, 0.15) is 18.0 Å². The lowest BCUT2D eigenvalue weighted by Gasteiger charge is -2.42. The average Bonchev–Trinajstić information content (AvgIpc) is 3.44. The number of rotatable bonds is 8. The Labute approximate surface area is 264 Å². The van der Waals surface area contributed by atoms with Crippen molar-refractivity contribution < 1.29 is 18.7 Å². The molecule has 2 aromatic rings. The van der Waals surface area contributed by atoms with Gasteiger partial charge in [0, 0.05) is 57.6 Å². The maximum atomic E-state index is 13.9. The first-order chi connectivity index (χ1) is 21.9. The summed E-state index contributed by atoms with van der Waals surface area (Å²) in [4.78, 5) is 30.5. The minimum Gasteiger partial charge on any atom is -0.456 e. The molecule has 6 rings (SSSR count). The zero-order valence-electron chi connectivity index (χ0n) is 25.9. The Balaban J connectivity index is 1.34. The van der Waals surface area contributed by atoms with Crippen LogP contribution in [0.2, 0.25) is 0 Å². The van der Waals surface area contributed by atoms with E-state index >= 15 is 0 Å². The SMILES string of the molecule is C#CCN1C[C@@H](OC)[C@H](Oc2nc3c(c(N4CCN(C(=O)C(=C)F)[C@@H](CC#N)C4)n2)CCN(c2cccc4c2CCCC4)C3)C1. The maximum absolute atomic E-state index is 13.9. The van der Waals surface area contributed by atoms with Gasteiger partial charge in [-0.05, 0) is 49.3 Å². The predicted molar refractivity (Wildman–Crippen MR) is 169 cm³/mol. The largest absolute Gasteiger partial charge is 0.456 e. The van der Waals surface area contributed by atoms with Crippen molar-refractivity contribution in [2.75, 3.05) is 62.7 Å². The molecule has 45 heavy (non-hydrogen) atoms. The number of hydrogen-bond donors (Lipinski definition) is 0. The van der Waals surface area contributed by atoms with E-state index in [1.54, 1.807) is 7.11 Å². The molecule has 10 nitrogen and oxygen atoms in total. The van der Waals surface area contributed by atoms with Crippen molar-refractivity contribution >= 4 is 17.4 Å². The third kappa shape index (κ3) is 6.33. The van der Waals surface area contributed by atoms with Crippen LogP contribution in [0.5, 0.6) is 6.01 Å². The Bertz CT molecular complexity index is 1530. The highest BCUT2D eigenvalue weighted by atomic mass is 19.1. The van der Waals surface area contributed by atoms with Gasteiger partial charge >= 0.3 is 6.01 Å². The number of amides is 1. The van der Waals surface area contributed by atoms with E-state index in [9.17, 15) is 14.4 Å². The summed E-state index contributed by atoms with van der Waals surface area (Å²) in [6, 6.07) is 8.55. The molecule has 0 radical (unpaired) electrons. The molecule has 0 spiro atoms. The van der Waals surface area contributed by atoms with Gasteiger partial charge in [0.2, 0.25) is 0 Å². The number of aryl methyl sites for hydroxylation is 1. The van der Waals surface area contributed by atoms with Crippen LogP contribution in [0, 0.1) is 23.7 Å². The number of piperazine rings is 1. The van der Waals surface area contributed by atoms with Crippen molar-refractivity contribution in [2.45, 2.75) is 63.3 Å². The van der Waals surface area contributed by atoms with E-state index in [1.807, 2.05) is 0 Å². The molecule has 1 aromatic carbocycles. The normalized spacial score (nSPS) is 23.1. The number of hydrogen-bond acceptors (Lipinski definition) is 9. The monoisotopic (exact) mass is 613 g/mol. The van der Waals surface area contributed by atoms with E-state index < -0.39 is 17.8 Å². The molecule has 236 valence electrons. The van der Waals surface area contributed by atoms with Crippen LogP contribution < -0.4 is 14.5 Å². The summed E-state index contributed by atoms with van der Waals surface area (Å²) in [6.07, 6.45) is 10.5. The third-order valence-corrected chi connectivity index (χ3v) is 9.50. The highest BCUT2D eigenvalue weighted by molar-refractivity contribution is 5.91. The van der Waals surface area contributed by atoms with Crippen LogP contribution in [0.1, 0.15) is 41.6 Å². The van der Waals surface area contributed by atoms with E-state index in [1.165, 1.54) is 34.6 Å². The van der Waals surface area contributed by atoms with Crippen molar-refractivity contribution in [1.29, 1.82) is 5.26 Å². The van der Waals surface area contributed by atoms with Gasteiger partial charge in [0.05, 0.1) is 37.3 Å². The molecule has 4 heterocycles. The first-order valence-corrected chi connectivity index (χ1v) is 15.8. The zero-order chi connectivity index (χ0) is 31.5. The van der Waals surface area contributed by atoms with Crippen LogP contribution >= 0.6 is 0 Å². The van der Waals surface area contributed by atoms with E-state index in [0.29, 0.717) is 39.3 Å². The van der Waals surface area contributed by atoms with E-state index in [2.05, 4.69) is 51.5 Å².